The number of aromatic nitrogens is 1. The summed E-state index contributed by atoms with van der Waals surface area (Å²) in [5, 5.41) is 0. The number of nitrogens with zero attached hydrogens (tertiary/aromatic N) is 3. The van der Waals surface area contributed by atoms with E-state index < -0.39 is 17.4 Å². The van der Waals surface area contributed by atoms with Gasteiger partial charge in [0, 0.05) is 31.2 Å². The number of benzene rings is 1. The highest BCUT2D eigenvalue weighted by Crippen LogP contribution is 2.53. The maximum atomic E-state index is 13.5. The maximum absolute atomic E-state index is 13.5. The molecular formula is C25H27N3O3. The normalized spacial score (nSPS) is 28.3. The van der Waals surface area contributed by atoms with Gasteiger partial charge in [0.25, 0.3) is 0 Å². The molecule has 0 N–H and O–H groups in total. The summed E-state index contributed by atoms with van der Waals surface area (Å²) < 4.78 is 6.28. The largest absolute Gasteiger partial charge is 0.360 e. The summed E-state index contributed by atoms with van der Waals surface area (Å²) in [5.41, 5.74) is 4.41. The monoisotopic (exact) mass is 417 g/mol. The first-order chi connectivity index (χ1) is 14.8. The number of carbonyl (C=O) groups is 2. The van der Waals surface area contributed by atoms with E-state index >= 15 is 0 Å². The van der Waals surface area contributed by atoms with E-state index in [-0.39, 0.29) is 17.9 Å². The smallest absolute Gasteiger partial charge is 0.234 e. The van der Waals surface area contributed by atoms with E-state index in [1.54, 1.807) is 23.0 Å². The summed E-state index contributed by atoms with van der Waals surface area (Å²) in [5.74, 6) is -1.06. The highest BCUT2D eigenvalue weighted by Gasteiger charge is 2.67. The molecule has 5 rings (SSSR count). The van der Waals surface area contributed by atoms with Crippen molar-refractivity contribution >= 4 is 17.5 Å². The van der Waals surface area contributed by atoms with Crippen LogP contribution in [0, 0.1) is 32.6 Å². The summed E-state index contributed by atoms with van der Waals surface area (Å²) in [6.07, 6.45) is 5.37. The van der Waals surface area contributed by atoms with Crippen molar-refractivity contribution in [1.82, 2.24) is 9.88 Å². The van der Waals surface area contributed by atoms with Gasteiger partial charge in [0.2, 0.25) is 11.8 Å². The second-order valence-electron chi connectivity index (χ2n) is 9.09. The molecule has 6 heteroatoms. The molecule has 0 aliphatic carbocycles. The van der Waals surface area contributed by atoms with Gasteiger partial charge in [-0.25, -0.2) is 0 Å². The standard InChI is InChI=1S/C25H27N3O3/c1-15-5-6-19(11-16(15)2)28-14-25-9-7-20(31-25)21(22(25)24(28)30)23(29)27(4)13-18-8-10-26-17(3)12-18/h5-12,20-22H,13-14H2,1-4H3/t20-,21+,22+,25-/m0/s1. The number of hydrogen-bond donors (Lipinski definition) is 0. The molecule has 0 saturated carbocycles. The fourth-order valence-corrected chi connectivity index (χ4v) is 5.20. The number of ether oxygens (including phenoxy) is 1. The number of aryl methyl sites for hydroxylation is 3. The highest BCUT2D eigenvalue weighted by atomic mass is 16.5. The molecule has 1 aromatic carbocycles. The molecule has 31 heavy (non-hydrogen) atoms. The maximum Gasteiger partial charge on any atom is 0.234 e. The molecule has 160 valence electrons. The van der Waals surface area contributed by atoms with Crippen molar-refractivity contribution in [2.75, 3.05) is 18.5 Å². The molecule has 2 aromatic rings. The Morgan fingerprint density at radius 3 is 2.77 bits per heavy atom. The molecule has 2 fully saturated rings. The van der Waals surface area contributed by atoms with Crippen LogP contribution in [0.5, 0.6) is 0 Å². The second kappa shape index (κ2) is 7.02. The summed E-state index contributed by atoms with van der Waals surface area (Å²) in [6, 6.07) is 9.94. The Labute approximate surface area is 182 Å². The zero-order chi connectivity index (χ0) is 21.9. The minimum Gasteiger partial charge on any atom is -0.360 e. The van der Waals surface area contributed by atoms with Gasteiger partial charge >= 0.3 is 0 Å². The summed E-state index contributed by atoms with van der Waals surface area (Å²) in [6.45, 7) is 6.96. The van der Waals surface area contributed by atoms with Gasteiger partial charge in [0.1, 0.15) is 5.60 Å². The number of pyridine rings is 1. The van der Waals surface area contributed by atoms with E-state index in [2.05, 4.69) is 11.9 Å². The molecule has 2 amide bonds. The van der Waals surface area contributed by atoms with Gasteiger partial charge in [-0.3, -0.25) is 14.6 Å². The molecule has 6 nitrogen and oxygen atoms in total. The van der Waals surface area contributed by atoms with Crippen molar-refractivity contribution in [3.63, 3.8) is 0 Å². The minimum atomic E-state index is -0.713. The van der Waals surface area contributed by atoms with Gasteiger partial charge < -0.3 is 14.5 Å². The molecule has 3 aliphatic heterocycles. The predicted octanol–water partition coefficient (Wildman–Crippen LogP) is 2.95. The van der Waals surface area contributed by atoms with Gasteiger partial charge in [-0.2, -0.15) is 0 Å². The number of rotatable bonds is 4. The number of carbonyl (C=O) groups excluding carboxylic acids is 2. The van der Waals surface area contributed by atoms with Crippen LogP contribution in [0.4, 0.5) is 5.69 Å². The van der Waals surface area contributed by atoms with Crippen molar-refractivity contribution in [3.8, 4) is 0 Å². The lowest BCUT2D eigenvalue weighted by atomic mass is 9.76. The van der Waals surface area contributed by atoms with E-state index in [9.17, 15) is 9.59 Å². The number of hydrogen-bond acceptors (Lipinski definition) is 4. The number of anilines is 1. The summed E-state index contributed by atoms with van der Waals surface area (Å²) in [7, 11) is 1.79. The van der Waals surface area contributed by atoms with Crippen LogP contribution >= 0.6 is 0 Å². The zero-order valence-corrected chi connectivity index (χ0v) is 18.3. The third kappa shape index (κ3) is 3.08. The molecule has 0 unspecified atom stereocenters. The molecule has 3 aliphatic rings. The molecule has 4 atom stereocenters. The van der Waals surface area contributed by atoms with Gasteiger partial charge in [-0.1, -0.05) is 18.2 Å². The SMILES string of the molecule is Cc1cc(CN(C)C(=O)[C@@H]2[C@@H]3C=C[C@@]4(CN(c5ccc(C)c(C)c5)C(=O)[C@@H]24)O3)ccn1. The van der Waals surface area contributed by atoms with Crippen molar-refractivity contribution in [2.45, 2.75) is 39.0 Å². The molecular weight excluding hydrogens is 390 g/mol. The van der Waals surface area contributed by atoms with Crippen LogP contribution in [-0.4, -0.2) is 47.0 Å². The first-order valence-electron chi connectivity index (χ1n) is 10.7. The van der Waals surface area contributed by atoms with E-state index in [1.807, 2.05) is 56.3 Å². The Balaban J connectivity index is 1.41. The van der Waals surface area contributed by atoms with Crippen LogP contribution in [0.3, 0.4) is 0 Å². The quantitative estimate of drug-likeness (QED) is 0.718. The third-order valence-electron chi connectivity index (χ3n) is 6.94. The van der Waals surface area contributed by atoms with Crippen molar-refractivity contribution in [2.24, 2.45) is 11.8 Å². The Bertz CT molecular complexity index is 1110. The molecule has 1 spiro atoms. The van der Waals surface area contributed by atoms with Crippen LogP contribution in [-0.2, 0) is 20.9 Å². The van der Waals surface area contributed by atoms with E-state index in [0.717, 1.165) is 22.5 Å². The van der Waals surface area contributed by atoms with Crippen LogP contribution in [0.2, 0.25) is 0 Å². The van der Waals surface area contributed by atoms with Gasteiger partial charge in [-0.05, 0) is 61.7 Å². The minimum absolute atomic E-state index is 0.0263. The van der Waals surface area contributed by atoms with Crippen LogP contribution < -0.4 is 4.90 Å². The molecule has 2 saturated heterocycles. The fourth-order valence-electron chi connectivity index (χ4n) is 5.20. The van der Waals surface area contributed by atoms with Crippen molar-refractivity contribution < 1.29 is 14.3 Å². The predicted molar refractivity (Wildman–Crippen MR) is 117 cm³/mol. The Kier molecular flexibility index (Phi) is 4.52. The lowest BCUT2D eigenvalue weighted by Crippen LogP contribution is -2.44. The lowest BCUT2D eigenvalue weighted by Gasteiger charge is -2.28. The van der Waals surface area contributed by atoms with Crippen molar-refractivity contribution in [1.29, 1.82) is 0 Å². The fraction of sp³-hybridized carbons (Fsp3) is 0.400. The summed E-state index contributed by atoms with van der Waals surface area (Å²) >= 11 is 0. The van der Waals surface area contributed by atoms with E-state index in [4.69, 9.17) is 4.74 Å². The molecule has 0 radical (unpaired) electrons. The van der Waals surface area contributed by atoms with Crippen LogP contribution in [0.1, 0.15) is 22.4 Å². The second-order valence-corrected chi connectivity index (χ2v) is 9.09. The third-order valence-corrected chi connectivity index (χ3v) is 6.94. The van der Waals surface area contributed by atoms with Gasteiger partial charge in [0.15, 0.2) is 0 Å². The van der Waals surface area contributed by atoms with Crippen molar-refractivity contribution in [3.05, 3.63) is 71.1 Å². The van der Waals surface area contributed by atoms with Gasteiger partial charge in [0.05, 0.1) is 24.5 Å². The first kappa shape index (κ1) is 19.9. The van der Waals surface area contributed by atoms with E-state index in [1.165, 1.54) is 5.56 Å². The molecule has 1 aromatic heterocycles. The Morgan fingerprint density at radius 2 is 2.03 bits per heavy atom. The average molecular weight is 418 g/mol. The lowest BCUT2D eigenvalue weighted by molar-refractivity contribution is -0.139. The van der Waals surface area contributed by atoms with Crippen LogP contribution in [0.25, 0.3) is 0 Å². The van der Waals surface area contributed by atoms with Gasteiger partial charge in [-0.15, -0.1) is 0 Å². The molecule has 4 heterocycles. The summed E-state index contributed by atoms with van der Waals surface area (Å²) in [4.78, 5) is 34.7. The first-order valence-corrected chi connectivity index (χ1v) is 10.7. The zero-order valence-electron chi connectivity index (χ0n) is 18.3. The Hall–Kier alpha value is -2.99. The number of amides is 2. The average Bonchev–Trinajstić information content (AvgIpc) is 3.38. The topological polar surface area (TPSA) is 62.7 Å². The van der Waals surface area contributed by atoms with E-state index in [0.29, 0.717) is 13.1 Å². The number of fused-ring (bicyclic) bond motifs is 1. The van der Waals surface area contributed by atoms with Crippen LogP contribution in [0.15, 0.2) is 48.7 Å². The molecule has 2 bridgehead atoms. The highest BCUT2D eigenvalue weighted by molar-refractivity contribution is 6.03. The Morgan fingerprint density at radius 1 is 1.23 bits per heavy atom.